The van der Waals surface area contributed by atoms with Gasteiger partial charge in [-0.25, -0.2) is 0 Å². The van der Waals surface area contributed by atoms with Gasteiger partial charge >= 0.3 is 0 Å². The van der Waals surface area contributed by atoms with Gasteiger partial charge in [-0.2, -0.15) is 0 Å². The van der Waals surface area contributed by atoms with Crippen molar-refractivity contribution in [2.45, 2.75) is 5.85 Å². The van der Waals surface area contributed by atoms with Crippen LogP contribution in [-0.2, 0) is 4.57 Å². The first-order chi connectivity index (χ1) is 10.2. The van der Waals surface area contributed by atoms with Gasteiger partial charge in [0.1, 0.15) is 5.85 Å². The third-order valence-electron chi connectivity index (χ3n) is 3.42. The highest BCUT2D eigenvalue weighted by Gasteiger charge is 2.36. The van der Waals surface area contributed by atoms with Crippen LogP contribution in [0.1, 0.15) is 10.7 Å². The van der Waals surface area contributed by atoms with E-state index >= 15 is 0 Å². The van der Waals surface area contributed by atoms with Crippen molar-refractivity contribution in [2.24, 2.45) is 0 Å². The number of hydrogen-bond acceptors (Lipinski definition) is 3. The molecule has 0 saturated carbocycles. The van der Waals surface area contributed by atoms with Crippen molar-refractivity contribution in [3.8, 4) is 0 Å². The fourth-order valence-corrected chi connectivity index (χ4v) is 6.11. The molecule has 4 heteroatoms. The summed E-state index contributed by atoms with van der Waals surface area (Å²) in [7, 11) is -3.14. The molecule has 0 fully saturated rings. The third kappa shape index (κ3) is 2.60. The number of hydrogen-bond donors (Lipinski definition) is 1. The van der Waals surface area contributed by atoms with Crippen LogP contribution in [0.15, 0.2) is 78.2 Å². The zero-order valence-corrected chi connectivity index (χ0v) is 13.0. The molecular weight excluding hydrogens is 299 g/mol. The molecule has 0 unspecified atom stereocenters. The predicted octanol–water partition coefficient (Wildman–Crippen LogP) is 3.75. The maximum atomic E-state index is 13.8. The predicted molar refractivity (Wildman–Crippen MR) is 89.0 cm³/mol. The van der Waals surface area contributed by atoms with Gasteiger partial charge in [0, 0.05) is 15.5 Å². The zero-order chi connectivity index (χ0) is 14.7. The van der Waals surface area contributed by atoms with Crippen molar-refractivity contribution >= 4 is 29.1 Å². The van der Waals surface area contributed by atoms with Crippen LogP contribution in [0.2, 0.25) is 0 Å². The quantitative estimate of drug-likeness (QED) is 0.745. The van der Waals surface area contributed by atoms with E-state index in [1.807, 2.05) is 78.2 Å². The van der Waals surface area contributed by atoms with E-state index in [1.165, 1.54) is 11.3 Å². The van der Waals surface area contributed by atoms with Crippen LogP contribution in [0, 0.1) is 0 Å². The molecule has 106 valence electrons. The summed E-state index contributed by atoms with van der Waals surface area (Å²) in [6.07, 6.45) is 0. The molecule has 0 spiro atoms. The van der Waals surface area contributed by atoms with Gasteiger partial charge in [0.25, 0.3) is 0 Å². The first kappa shape index (κ1) is 14.3. The second kappa shape index (κ2) is 5.98. The van der Waals surface area contributed by atoms with Crippen molar-refractivity contribution in [3.05, 3.63) is 83.1 Å². The molecule has 0 bridgehead atoms. The van der Waals surface area contributed by atoms with Crippen molar-refractivity contribution in [1.29, 1.82) is 0 Å². The summed E-state index contributed by atoms with van der Waals surface area (Å²) in [6.45, 7) is 0. The fourth-order valence-electron chi connectivity index (χ4n) is 2.35. The summed E-state index contributed by atoms with van der Waals surface area (Å²) in [6, 6.07) is 22.2. The first-order valence-electron chi connectivity index (χ1n) is 6.65. The highest BCUT2D eigenvalue weighted by atomic mass is 32.1. The Hall–Kier alpha value is -1.67. The maximum absolute atomic E-state index is 13.8. The van der Waals surface area contributed by atoms with Crippen LogP contribution >= 0.6 is 18.5 Å². The minimum atomic E-state index is -3.14. The SMILES string of the molecule is O=P(c1ccccc1)(c1ccccc1)[C@H](O)c1cccs1. The average molecular weight is 314 g/mol. The van der Waals surface area contributed by atoms with E-state index in [0.717, 1.165) is 4.88 Å². The Labute approximate surface area is 128 Å². The molecule has 3 aromatic rings. The van der Waals surface area contributed by atoms with Crippen LogP contribution < -0.4 is 10.6 Å². The summed E-state index contributed by atoms with van der Waals surface area (Å²) >= 11 is 1.43. The van der Waals surface area contributed by atoms with Gasteiger partial charge in [0.2, 0.25) is 0 Å². The molecular formula is C17H15O2PS. The smallest absolute Gasteiger partial charge is 0.175 e. The molecule has 0 aliphatic carbocycles. The minimum Gasteiger partial charge on any atom is -0.379 e. The fraction of sp³-hybridized carbons (Fsp3) is 0.0588. The van der Waals surface area contributed by atoms with Gasteiger partial charge in [0.15, 0.2) is 7.14 Å². The molecule has 2 nitrogen and oxygen atoms in total. The largest absolute Gasteiger partial charge is 0.379 e. The lowest BCUT2D eigenvalue weighted by molar-refractivity contribution is 0.260. The van der Waals surface area contributed by atoms with Crippen molar-refractivity contribution < 1.29 is 9.67 Å². The van der Waals surface area contributed by atoms with E-state index in [4.69, 9.17) is 0 Å². The lowest BCUT2D eigenvalue weighted by Gasteiger charge is -2.24. The van der Waals surface area contributed by atoms with Crippen molar-refractivity contribution in [3.63, 3.8) is 0 Å². The van der Waals surface area contributed by atoms with E-state index in [1.54, 1.807) is 0 Å². The lowest BCUT2D eigenvalue weighted by atomic mass is 10.4. The Kier molecular flexibility index (Phi) is 4.07. The Morgan fingerprint density at radius 2 is 1.33 bits per heavy atom. The molecule has 0 amide bonds. The molecule has 1 N–H and O–H groups in total. The normalized spacial score (nSPS) is 13.0. The van der Waals surface area contributed by atoms with Crippen LogP contribution in [0.3, 0.4) is 0 Å². The van der Waals surface area contributed by atoms with Crippen LogP contribution in [0.5, 0.6) is 0 Å². The van der Waals surface area contributed by atoms with E-state index in [0.29, 0.717) is 10.6 Å². The number of thiophene rings is 1. The molecule has 2 aromatic carbocycles. The van der Waals surface area contributed by atoms with E-state index in [-0.39, 0.29) is 0 Å². The molecule has 0 radical (unpaired) electrons. The Bertz CT molecular complexity index is 695. The number of aliphatic hydroxyl groups is 1. The van der Waals surface area contributed by atoms with Crippen LogP contribution in [0.4, 0.5) is 0 Å². The first-order valence-corrected chi connectivity index (χ1v) is 9.31. The van der Waals surface area contributed by atoms with Crippen LogP contribution in [0.25, 0.3) is 0 Å². The highest BCUT2D eigenvalue weighted by molar-refractivity contribution is 7.79. The number of benzene rings is 2. The average Bonchev–Trinajstić information content (AvgIpc) is 3.09. The topological polar surface area (TPSA) is 37.3 Å². The molecule has 0 saturated heterocycles. The number of rotatable bonds is 4. The van der Waals surface area contributed by atoms with Gasteiger partial charge in [-0.1, -0.05) is 66.7 Å². The Balaban J connectivity index is 2.19. The van der Waals surface area contributed by atoms with E-state index in [9.17, 15) is 9.67 Å². The van der Waals surface area contributed by atoms with Gasteiger partial charge in [-0.05, 0) is 11.4 Å². The zero-order valence-electron chi connectivity index (χ0n) is 11.3. The standard InChI is InChI=1S/C17H15O2PS/c18-17(16-12-7-13-21-16)20(19,14-8-3-1-4-9-14)15-10-5-2-6-11-15/h1-13,17-18H/t17-/m0/s1. The Morgan fingerprint density at radius 1 is 0.810 bits per heavy atom. The summed E-state index contributed by atoms with van der Waals surface area (Å²) in [4.78, 5) is 0.728. The lowest BCUT2D eigenvalue weighted by Crippen LogP contribution is -2.20. The number of aliphatic hydroxyl groups excluding tert-OH is 1. The molecule has 1 heterocycles. The second-order valence-electron chi connectivity index (χ2n) is 4.72. The van der Waals surface area contributed by atoms with Crippen molar-refractivity contribution in [2.75, 3.05) is 0 Å². The molecule has 1 atom stereocenters. The molecule has 1 aromatic heterocycles. The highest BCUT2D eigenvalue weighted by Crippen LogP contribution is 2.56. The Morgan fingerprint density at radius 3 is 1.76 bits per heavy atom. The third-order valence-corrected chi connectivity index (χ3v) is 7.62. The molecule has 0 aliphatic heterocycles. The summed E-state index contributed by atoms with van der Waals surface area (Å²) in [5, 5.41) is 14.0. The summed E-state index contributed by atoms with van der Waals surface area (Å²) in [5.41, 5.74) is 0. The second-order valence-corrected chi connectivity index (χ2v) is 8.54. The van der Waals surface area contributed by atoms with Gasteiger partial charge in [-0.3, -0.25) is 0 Å². The van der Waals surface area contributed by atoms with Gasteiger partial charge in [0.05, 0.1) is 0 Å². The maximum Gasteiger partial charge on any atom is 0.175 e. The van der Waals surface area contributed by atoms with E-state index < -0.39 is 13.0 Å². The van der Waals surface area contributed by atoms with Crippen molar-refractivity contribution in [1.82, 2.24) is 0 Å². The summed E-state index contributed by atoms with van der Waals surface area (Å²) < 4.78 is 13.8. The van der Waals surface area contributed by atoms with E-state index in [2.05, 4.69) is 0 Å². The molecule has 0 aliphatic rings. The monoisotopic (exact) mass is 314 g/mol. The van der Waals surface area contributed by atoms with Gasteiger partial charge < -0.3 is 9.67 Å². The molecule has 3 rings (SSSR count). The van der Waals surface area contributed by atoms with Gasteiger partial charge in [-0.15, -0.1) is 11.3 Å². The minimum absolute atomic E-state index is 0.678. The van der Waals surface area contributed by atoms with Crippen LogP contribution in [-0.4, -0.2) is 5.11 Å². The molecule has 21 heavy (non-hydrogen) atoms. The summed E-state index contributed by atoms with van der Waals surface area (Å²) in [5.74, 6) is -1.01.